The molecule has 0 N–H and O–H groups in total. The number of hydrogen-bond acceptors (Lipinski definition) is 5. The summed E-state index contributed by atoms with van der Waals surface area (Å²) in [6.45, 7) is 12.0. The van der Waals surface area contributed by atoms with Crippen molar-refractivity contribution >= 4 is 28.2 Å². The van der Waals surface area contributed by atoms with Crippen molar-refractivity contribution in [1.29, 1.82) is 0 Å². The van der Waals surface area contributed by atoms with Gasteiger partial charge in [-0.1, -0.05) is 11.6 Å². The second-order valence-corrected chi connectivity index (χ2v) is 7.72. The first-order valence-corrected chi connectivity index (χ1v) is 8.69. The van der Waals surface area contributed by atoms with Gasteiger partial charge in [-0.05, 0) is 33.8 Å². The van der Waals surface area contributed by atoms with E-state index in [9.17, 15) is 0 Å². The molecule has 5 nitrogen and oxygen atoms in total. The lowest BCUT2D eigenvalue weighted by atomic mass is 10.0. The topological polar surface area (TPSA) is 41.5 Å². The number of piperazine rings is 1. The smallest absolute Gasteiger partial charge is 0.144 e. The summed E-state index contributed by atoms with van der Waals surface area (Å²) in [5.41, 5.74) is 2.05. The molecule has 0 spiro atoms. The summed E-state index contributed by atoms with van der Waals surface area (Å²) >= 11 is 6.26. The minimum atomic E-state index is 0.185. The van der Waals surface area contributed by atoms with Gasteiger partial charge < -0.3 is 9.64 Å². The van der Waals surface area contributed by atoms with Crippen molar-refractivity contribution in [3.05, 3.63) is 23.6 Å². The summed E-state index contributed by atoms with van der Waals surface area (Å²) in [5, 5.41) is 1.34. The fourth-order valence-corrected chi connectivity index (χ4v) is 3.55. The van der Waals surface area contributed by atoms with Crippen LogP contribution in [0.4, 0.5) is 5.69 Å². The minimum absolute atomic E-state index is 0.185. The number of methoxy groups -OCH3 is 1. The van der Waals surface area contributed by atoms with Gasteiger partial charge in [0.25, 0.3) is 0 Å². The van der Waals surface area contributed by atoms with Crippen molar-refractivity contribution in [2.75, 3.05) is 31.6 Å². The van der Waals surface area contributed by atoms with Crippen molar-refractivity contribution in [1.82, 2.24) is 14.9 Å². The van der Waals surface area contributed by atoms with Gasteiger partial charge in [-0.15, -0.1) is 0 Å². The van der Waals surface area contributed by atoms with E-state index in [0.29, 0.717) is 11.2 Å². The molecule has 0 radical (unpaired) electrons. The van der Waals surface area contributed by atoms with Gasteiger partial charge in [0.05, 0.1) is 18.3 Å². The van der Waals surface area contributed by atoms with Gasteiger partial charge >= 0.3 is 0 Å². The number of aromatic nitrogens is 2. The summed E-state index contributed by atoms with van der Waals surface area (Å²) in [6.07, 6.45) is 1.48. The predicted molar refractivity (Wildman–Crippen MR) is 99.2 cm³/mol. The van der Waals surface area contributed by atoms with Crippen molar-refractivity contribution in [2.24, 2.45) is 0 Å². The highest BCUT2D eigenvalue weighted by Gasteiger charge is 2.31. The van der Waals surface area contributed by atoms with Crippen molar-refractivity contribution < 1.29 is 4.74 Å². The number of fused-ring (bicyclic) bond motifs is 1. The molecule has 1 aliphatic heterocycles. The maximum Gasteiger partial charge on any atom is 0.144 e. The molecule has 130 valence electrons. The molecule has 3 rings (SSSR count). The van der Waals surface area contributed by atoms with E-state index in [0.717, 1.165) is 42.0 Å². The maximum absolute atomic E-state index is 6.26. The van der Waals surface area contributed by atoms with Gasteiger partial charge in [0.1, 0.15) is 17.2 Å². The molecule has 0 amide bonds. The molecule has 6 heteroatoms. The molecule has 1 aromatic carbocycles. The first-order valence-electron chi connectivity index (χ1n) is 8.31. The Labute approximate surface area is 148 Å². The summed E-state index contributed by atoms with van der Waals surface area (Å²) in [7, 11) is 1.70. The molecule has 1 fully saturated rings. The van der Waals surface area contributed by atoms with Crippen LogP contribution in [0.3, 0.4) is 0 Å². The Balaban J connectivity index is 1.98. The molecule has 24 heavy (non-hydrogen) atoms. The Kier molecular flexibility index (Phi) is 4.58. The van der Waals surface area contributed by atoms with Crippen LogP contribution >= 0.6 is 11.6 Å². The van der Waals surface area contributed by atoms with E-state index in [1.54, 1.807) is 7.11 Å². The second-order valence-electron chi connectivity index (χ2n) is 7.36. The zero-order valence-electron chi connectivity index (χ0n) is 15.0. The molecule has 2 aromatic rings. The molecule has 2 heterocycles. The third-order valence-corrected chi connectivity index (χ3v) is 5.07. The third kappa shape index (κ3) is 3.15. The van der Waals surface area contributed by atoms with Gasteiger partial charge in [0.2, 0.25) is 0 Å². The molecule has 0 bridgehead atoms. The standard InChI is InChI=1S/C18H25ClN4O/c1-12-10-22(18(2,3)4)6-7-23(12)15-8-13-14(9-16(15)24-5)20-11-21-17(13)19/h8-9,11-12H,6-7,10H2,1-5H3. The fraction of sp³-hybridized carbons (Fsp3) is 0.556. The molecule has 1 aliphatic rings. The monoisotopic (exact) mass is 348 g/mol. The van der Waals surface area contributed by atoms with Crippen LogP contribution < -0.4 is 9.64 Å². The second kappa shape index (κ2) is 6.37. The molecule has 1 saturated heterocycles. The summed E-state index contributed by atoms with van der Waals surface area (Å²) < 4.78 is 5.63. The number of ether oxygens (including phenoxy) is 1. The van der Waals surface area contributed by atoms with E-state index >= 15 is 0 Å². The van der Waals surface area contributed by atoms with Crippen LogP contribution in [0.5, 0.6) is 5.75 Å². The lowest BCUT2D eigenvalue weighted by molar-refractivity contribution is 0.112. The third-order valence-electron chi connectivity index (χ3n) is 4.77. The van der Waals surface area contributed by atoms with Gasteiger partial charge in [-0.25, -0.2) is 9.97 Å². The van der Waals surface area contributed by atoms with Crippen molar-refractivity contribution in [3.8, 4) is 5.75 Å². The average molecular weight is 349 g/mol. The normalized spacial score (nSPS) is 19.8. The van der Waals surface area contributed by atoms with Crippen LogP contribution in [-0.2, 0) is 0 Å². The number of nitrogens with zero attached hydrogens (tertiary/aromatic N) is 4. The molecule has 1 unspecified atom stereocenters. The zero-order chi connectivity index (χ0) is 17.5. The van der Waals surface area contributed by atoms with Crippen molar-refractivity contribution in [3.63, 3.8) is 0 Å². The SMILES string of the molecule is COc1cc2ncnc(Cl)c2cc1N1CCN(C(C)(C)C)CC1C. The Morgan fingerprint density at radius 3 is 2.58 bits per heavy atom. The first-order chi connectivity index (χ1) is 11.3. The van der Waals surface area contributed by atoms with E-state index in [1.165, 1.54) is 6.33 Å². The Morgan fingerprint density at radius 2 is 1.96 bits per heavy atom. The van der Waals surface area contributed by atoms with Crippen LogP contribution in [-0.4, -0.2) is 53.2 Å². The molecule has 0 saturated carbocycles. The van der Waals surface area contributed by atoms with Crippen LogP contribution in [0.15, 0.2) is 18.5 Å². The van der Waals surface area contributed by atoms with E-state index in [-0.39, 0.29) is 5.54 Å². The van der Waals surface area contributed by atoms with Gasteiger partial charge in [-0.3, -0.25) is 4.90 Å². The molecule has 0 aliphatic carbocycles. The van der Waals surface area contributed by atoms with Crippen LogP contribution in [0.1, 0.15) is 27.7 Å². The van der Waals surface area contributed by atoms with Crippen LogP contribution in [0.25, 0.3) is 10.9 Å². The summed E-state index contributed by atoms with van der Waals surface area (Å²) in [5.74, 6) is 0.827. The largest absolute Gasteiger partial charge is 0.495 e. The summed E-state index contributed by atoms with van der Waals surface area (Å²) in [6, 6.07) is 4.38. The highest BCUT2D eigenvalue weighted by molar-refractivity contribution is 6.34. The van der Waals surface area contributed by atoms with Gasteiger partial charge in [0, 0.05) is 42.7 Å². The fourth-order valence-electron chi connectivity index (χ4n) is 3.35. The quantitative estimate of drug-likeness (QED) is 0.776. The van der Waals surface area contributed by atoms with Gasteiger partial charge in [0.15, 0.2) is 0 Å². The maximum atomic E-state index is 6.26. The van der Waals surface area contributed by atoms with Crippen LogP contribution in [0.2, 0.25) is 5.15 Å². The highest BCUT2D eigenvalue weighted by atomic mass is 35.5. The Morgan fingerprint density at radius 1 is 1.21 bits per heavy atom. The lowest BCUT2D eigenvalue weighted by Crippen LogP contribution is -2.57. The predicted octanol–water partition coefficient (Wildman–Crippen LogP) is 3.60. The summed E-state index contributed by atoms with van der Waals surface area (Å²) in [4.78, 5) is 13.3. The number of halogens is 1. The number of anilines is 1. The highest BCUT2D eigenvalue weighted by Crippen LogP contribution is 2.36. The zero-order valence-corrected chi connectivity index (χ0v) is 15.8. The number of benzene rings is 1. The van der Waals surface area contributed by atoms with Crippen LogP contribution in [0, 0.1) is 0 Å². The van der Waals surface area contributed by atoms with E-state index < -0.39 is 0 Å². The number of rotatable bonds is 2. The molecular formula is C18H25ClN4O. The van der Waals surface area contributed by atoms with E-state index in [1.807, 2.05) is 6.07 Å². The first kappa shape index (κ1) is 17.2. The molecular weight excluding hydrogens is 324 g/mol. The van der Waals surface area contributed by atoms with Crippen molar-refractivity contribution in [2.45, 2.75) is 39.3 Å². The minimum Gasteiger partial charge on any atom is -0.495 e. The molecule has 1 atom stereocenters. The van der Waals surface area contributed by atoms with E-state index in [4.69, 9.17) is 16.3 Å². The average Bonchev–Trinajstić information content (AvgIpc) is 2.53. The Bertz CT molecular complexity index is 744. The van der Waals surface area contributed by atoms with E-state index in [2.05, 4.69) is 53.5 Å². The molecule has 1 aromatic heterocycles. The number of hydrogen-bond donors (Lipinski definition) is 0. The Hall–Kier alpha value is -1.59. The lowest BCUT2D eigenvalue weighted by Gasteiger charge is -2.47. The van der Waals surface area contributed by atoms with Gasteiger partial charge in [-0.2, -0.15) is 0 Å².